The third-order valence-electron chi connectivity index (χ3n) is 3.59. The number of primary amides is 1. The molecule has 13 nitrogen and oxygen atoms in total. The second-order valence-corrected chi connectivity index (χ2v) is 6.45. The second-order valence-electron chi connectivity index (χ2n) is 6.08. The van der Waals surface area contributed by atoms with Crippen LogP contribution in [-0.2, 0) is 28.8 Å². The third-order valence-corrected chi connectivity index (χ3v) is 3.96. The average Bonchev–Trinajstić information content (AvgIpc) is 2.62. The molecule has 29 heavy (non-hydrogen) atoms. The van der Waals surface area contributed by atoms with Gasteiger partial charge in [-0.1, -0.05) is 0 Å². The Morgan fingerprint density at radius 3 is 1.93 bits per heavy atom. The van der Waals surface area contributed by atoms with Crippen LogP contribution < -0.4 is 27.4 Å². The van der Waals surface area contributed by atoms with Crippen LogP contribution in [0.5, 0.6) is 0 Å². The lowest BCUT2D eigenvalue weighted by Gasteiger charge is -2.22. The van der Waals surface area contributed by atoms with Crippen molar-refractivity contribution in [2.75, 3.05) is 5.75 Å². The topological polar surface area (TPSA) is 231 Å². The van der Waals surface area contributed by atoms with Gasteiger partial charge in [-0.2, -0.15) is 12.6 Å². The Morgan fingerprint density at radius 2 is 1.48 bits per heavy atom. The van der Waals surface area contributed by atoms with Crippen LogP contribution in [0.1, 0.15) is 26.2 Å². The van der Waals surface area contributed by atoms with E-state index in [9.17, 15) is 28.8 Å². The number of amides is 4. The molecule has 0 bridgehead atoms. The summed E-state index contributed by atoms with van der Waals surface area (Å²) >= 11 is 3.79. The molecule has 164 valence electrons. The normalized spacial score (nSPS) is 14.6. The maximum absolute atomic E-state index is 12.3. The predicted octanol–water partition coefficient (Wildman–Crippen LogP) is -3.46. The zero-order valence-electron chi connectivity index (χ0n) is 15.6. The number of hydrogen-bond donors (Lipinski definition) is 8. The Kier molecular flexibility index (Phi) is 11.3. The Balaban J connectivity index is 5.00. The molecule has 0 aromatic rings. The van der Waals surface area contributed by atoms with Gasteiger partial charge in [-0.15, -0.1) is 0 Å². The smallest absolute Gasteiger partial charge is 0.327 e. The highest BCUT2D eigenvalue weighted by Crippen LogP contribution is 2.00. The molecule has 0 aliphatic rings. The van der Waals surface area contributed by atoms with Crippen molar-refractivity contribution in [3.63, 3.8) is 0 Å². The van der Waals surface area contributed by atoms with Crippen LogP contribution in [0, 0.1) is 0 Å². The number of carboxylic acids is 2. The summed E-state index contributed by atoms with van der Waals surface area (Å²) in [4.78, 5) is 69.0. The summed E-state index contributed by atoms with van der Waals surface area (Å²) < 4.78 is 0. The van der Waals surface area contributed by atoms with Crippen molar-refractivity contribution in [3.05, 3.63) is 0 Å². The maximum Gasteiger partial charge on any atom is 0.327 e. The fraction of sp³-hybridized carbons (Fsp3) is 0.600. The molecule has 0 saturated heterocycles. The Labute approximate surface area is 171 Å². The van der Waals surface area contributed by atoms with Gasteiger partial charge in [-0.05, 0) is 13.3 Å². The first-order chi connectivity index (χ1) is 13.4. The summed E-state index contributed by atoms with van der Waals surface area (Å²) in [6.07, 6.45) is -1.19. The Bertz CT molecular complexity index is 659. The van der Waals surface area contributed by atoms with Gasteiger partial charge in [0.15, 0.2) is 0 Å². The van der Waals surface area contributed by atoms with Gasteiger partial charge in [-0.25, -0.2) is 4.79 Å². The van der Waals surface area contributed by atoms with E-state index in [1.165, 1.54) is 6.92 Å². The molecule has 0 aromatic heterocycles. The van der Waals surface area contributed by atoms with Crippen molar-refractivity contribution in [1.29, 1.82) is 0 Å². The zero-order chi connectivity index (χ0) is 22.7. The molecular formula is C15H25N5O8S. The molecule has 0 spiro atoms. The fourth-order valence-corrected chi connectivity index (χ4v) is 2.21. The van der Waals surface area contributed by atoms with Gasteiger partial charge in [0.25, 0.3) is 0 Å². The molecule has 0 rings (SSSR count). The highest BCUT2D eigenvalue weighted by atomic mass is 32.1. The molecule has 0 saturated carbocycles. The lowest BCUT2D eigenvalue weighted by Crippen LogP contribution is -2.57. The molecule has 4 atom stereocenters. The van der Waals surface area contributed by atoms with E-state index in [1.807, 2.05) is 0 Å². The number of aliphatic carboxylic acids is 2. The van der Waals surface area contributed by atoms with Gasteiger partial charge in [-0.3, -0.25) is 24.0 Å². The van der Waals surface area contributed by atoms with Gasteiger partial charge in [0.2, 0.25) is 23.6 Å². The van der Waals surface area contributed by atoms with Crippen LogP contribution in [0.2, 0.25) is 0 Å². The molecule has 0 heterocycles. The number of hydrogen-bond acceptors (Lipinski definition) is 8. The second kappa shape index (κ2) is 12.6. The number of thiol groups is 1. The van der Waals surface area contributed by atoms with Gasteiger partial charge < -0.3 is 37.6 Å². The maximum atomic E-state index is 12.3. The van der Waals surface area contributed by atoms with Gasteiger partial charge in [0.1, 0.15) is 18.1 Å². The molecule has 0 aliphatic heterocycles. The fourth-order valence-electron chi connectivity index (χ4n) is 1.96. The van der Waals surface area contributed by atoms with Crippen molar-refractivity contribution in [2.45, 2.75) is 50.4 Å². The quantitative estimate of drug-likeness (QED) is 0.134. The number of carboxylic acid groups (broad SMARTS) is 2. The molecule has 0 aromatic carbocycles. The van der Waals surface area contributed by atoms with E-state index < -0.39 is 66.2 Å². The first kappa shape index (κ1) is 26.1. The largest absolute Gasteiger partial charge is 0.481 e. The number of rotatable bonds is 13. The molecule has 14 heteroatoms. The van der Waals surface area contributed by atoms with Gasteiger partial charge in [0.05, 0.1) is 12.5 Å². The third kappa shape index (κ3) is 10.3. The number of nitrogens with two attached hydrogens (primary N) is 2. The summed E-state index contributed by atoms with van der Waals surface area (Å²) in [5.41, 5.74) is 10.6. The number of carbonyl (C=O) groups is 6. The highest BCUT2D eigenvalue weighted by molar-refractivity contribution is 7.80. The van der Waals surface area contributed by atoms with Crippen LogP contribution >= 0.6 is 12.6 Å². The predicted molar refractivity (Wildman–Crippen MR) is 102 cm³/mol. The summed E-state index contributed by atoms with van der Waals surface area (Å²) in [5, 5.41) is 24.1. The summed E-state index contributed by atoms with van der Waals surface area (Å²) in [6, 6.07) is -5.20. The SMILES string of the molecule is CC(NC(=O)C(CC(N)=O)NC(=O)C(N)CCC(=O)O)C(=O)NC(CS)C(=O)O. The van der Waals surface area contributed by atoms with Crippen LogP contribution in [-0.4, -0.2) is 75.7 Å². The minimum absolute atomic E-state index is 0.184. The van der Waals surface area contributed by atoms with E-state index in [-0.39, 0.29) is 18.6 Å². The molecule has 9 N–H and O–H groups in total. The summed E-state index contributed by atoms with van der Waals surface area (Å²) in [6.45, 7) is 1.26. The van der Waals surface area contributed by atoms with Crippen LogP contribution in [0.4, 0.5) is 0 Å². The molecule has 4 amide bonds. The molecule has 4 unspecified atom stereocenters. The first-order valence-electron chi connectivity index (χ1n) is 8.39. The lowest BCUT2D eigenvalue weighted by molar-refractivity contribution is -0.141. The van der Waals surface area contributed by atoms with Crippen molar-refractivity contribution < 1.29 is 39.0 Å². The van der Waals surface area contributed by atoms with Crippen molar-refractivity contribution >= 4 is 48.2 Å². The monoisotopic (exact) mass is 435 g/mol. The van der Waals surface area contributed by atoms with E-state index in [4.69, 9.17) is 21.7 Å². The molecule has 0 fully saturated rings. The first-order valence-corrected chi connectivity index (χ1v) is 9.02. The van der Waals surface area contributed by atoms with E-state index in [2.05, 4.69) is 28.6 Å². The average molecular weight is 435 g/mol. The van der Waals surface area contributed by atoms with E-state index in [0.717, 1.165) is 0 Å². The highest BCUT2D eigenvalue weighted by Gasteiger charge is 2.29. The Morgan fingerprint density at radius 1 is 0.931 bits per heavy atom. The standard InChI is InChI=1S/C15H25N5O8S/c1-6(12(24)20-9(5-29)15(27)28)18-14(26)8(4-10(17)21)19-13(25)7(16)2-3-11(22)23/h6-9,29H,2-5,16H2,1H3,(H2,17,21)(H,18,26)(H,19,25)(H,20,24)(H,22,23)(H,27,28). The van der Waals surface area contributed by atoms with Crippen LogP contribution in [0.3, 0.4) is 0 Å². The number of carbonyl (C=O) groups excluding carboxylic acids is 4. The minimum Gasteiger partial charge on any atom is -0.481 e. The van der Waals surface area contributed by atoms with Crippen LogP contribution in [0.25, 0.3) is 0 Å². The van der Waals surface area contributed by atoms with Crippen LogP contribution in [0.15, 0.2) is 0 Å². The Hall–Kier alpha value is -2.87. The van der Waals surface area contributed by atoms with E-state index >= 15 is 0 Å². The lowest BCUT2D eigenvalue weighted by atomic mass is 10.1. The van der Waals surface area contributed by atoms with Crippen molar-refractivity contribution in [2.24, 2.45) is 11.5 Å². The van der Waals surface area contributed by atoms with E-state index in [0.29, 0.717) is 0 Å². The van der Waals surface area contributed by atoms with Gasteiger partial charge >= 0.3 is 11.9 Å². The number of nitrogens with one attached hydrogen (secondary N) is 3. The molecular weight excluding hydrogens is 410 g/mol. The van der Waals surface area contributed by atoms with Gasteiger partial charge in [0, 0.05) is 12.2 Å². The molecule has 0 aliphatic carbocycles. The van der Waals surface area contributed by atoms with Crippen molar-refractivity contribution in [3.8, 4) is 0 Å². The molecule has 0 radical (unpaired) electrons. The zero-order valence-corrected chi connectivity index (χ0v) is 16.5. The van der Waals surface area contributed by atoms with Crippen molar-refractivity contribution in [1.82, 2.24) is 16.0 Å². The minimum atomic E-state index is -1.47. The summed E-state index contributed by atoms with van der Waals surface area (Å²) in [5.74, 6) is -6.25. The van der Waals surface area contributed by atoms with E-state index in [1.54, 1.807) is 0 Å². The summed E-state index contributed by atoms with van der Waals surface area (Å²) in [7, 11) is 0.